The van der Waals surface area contributed by atoms with Crippen LogP contribution in [0.5, 0.6) is 0 Å². The van der Waals surface area contributed by atoms with E-state index >= 15 is 0 Å². The summed E-state index contributed by atoms with van der Waals surface area (Å²) in [5.41, 5.74) is 5.11. The number of amides is 2. The lowest BCUT2D eigenvalue weighted by atomic mass is 9.98. The average Bonchev–Trinajstić information content (AvgIpc) is 3.38. The van der Waals surface area contributed by atoms with Gasteiger partial charge >= 0.3 is 12.1 Å². The van der Waals surface area contributed by atoms with Crippen molar-refractivity contribution in [1.29, 1.82) is 0 Å². The van der Waals surface area contributed by atoms with Crippen molar-refractivity contribution in [2.45, 2.75) is 12.5 Å². The van der Waals surface area contributed by atoms with E-state index in [1.807, 2.05) is 24.3 Å². The lowest BCUT2D eigenvalue weighted by Gasteiger charge is -2.14. The second kappa shape index (κ2) is 10.9. The fraction of sp³-hybridized carbons (Fsp3) is 0.250. The van der Waals surface area contributed by atoms with Crippen LogP contribution < -0.4 is 10.6 Å². The van der Waals surface area contributed by atoms with E-state index in [0.717, 1.165) is 11.1 Å². The summed E-state index contributed by atoms with van der Waals surface area (Å²) in [6.07, 6.45) is 2.36. The summed E-state index contributed by atoms with van der Waals surface area (Å²) in [7, 11) is 0. The number of carbonyl (C=O) groups excluding carboxylic acids is 2. The molecule has 0 radical (unpaired) electrons. The molecule has 1 aromatic heterocycles. The number of carboxylic acids is 1. The number of anilines is 1. The van der Waals surface area contributed by atoms with Crippen molar-refractivity contribution in [2.75, 3.05) is 30.0 Å². The molecule has 0 aliphatic heterocycles. The van der Waals surface area contributed by atoms with E-state index in [9.17, 15) is 14.4 Å². The third-order valence-corrected chi connectivity index (χ3v) is 6.27. The Hall–Kier alpha value is -3.79. The van der Waals surface area contributed by atoms with Crippen molar-refractivity contribution < 1.29 is 24.2 Å². The van der Waals surface area contributed by atoms with Gasteiger partial charge in [0.15, 0.2) is 0 Å². The minimum atomic E-state index is -1.01. The van der Waals surface area contributed by atoms with Crippen molar-refractivity contribution >= 4 is 35.4 Å². The van der Waals surface area contributed by atoms with Gasteiger partial charge in [-0.1, -0.05) is 48.5 Å². The van der Waals surface area contributed by atoms with Crippen molar-refractivity contribution in [3.8, 4) is 11.1 Å². The highest BCUT2D eigenvalue weighted by molar-refractivity contribution is 7.99. The number of aliphatic carboxylic acids is 1. The number of alkyl carbamates (subject to hydrolysis) is 1. The summed E-state index contributed by atoms with van der Waals surface area (Å²) in [5.74, 6) is -0.510. The predicted molar refractivity (Wildman–Crippen MR) is 129 cm³/mol. The number of nitrogens with zero attached hydrogens (tertiary/aromatic N) is 2. The number of nitrogens with one attached hydrogen (secondary N) is 2. The van der Waals surface area contributed by atoms with E-state index in [1.54, 1.807) is 0 Å². The zero-order chi connectivity index (χ0) is 23.9. The van der Waals surface area contributed by atoms with Gasteiger partial charge in [-0.2, -0.15) is 16.9 Å². The quantitative estimate of drug-likeness (QED) is 0.381. The molecule has 176 valence electrons. The van der Waals surface area contributed by atoms with Crippen LogP contribution in [-0.2, 0) is 20.9 Å². The van der Waals surface area contributed by atoms with Gasteiger partial charge in [-0.3, -0.25) is 14.3 Å². The van der Waals surface area contributed by atoms with Gasteiger partial charge in [0.05, 0.1) is 17.6 Å². The third kappa shape index (κ3) is 5.76. The summed E-state index contributed by atoms with van der Waals surface area (Å²) >= 11 is 1.36. The number of hydrogen-bond acceptors (Lipinski definition) is 6. The van der Waals surface area contributed by atoms with Crippen LogP contribution in [-0.4, -0.2) is 57.5 Å². The summed E-state index contributed by atoms with van der Waals surface area (Å²) in [4.78, 5) is 34.8. The molecule has 0 fully saturated rings. The van der Waals surface area contributed by atoms with Gasteiger partial charge in [-0.25, -0.2) is 4.79 Å². The first kappa shape index (κ1) is 23.4. The molecule has 4 rings (SSSR count). The third-order valence-electron chi connectivity index (χ3n) is 5.31. The van der Waals surface area contributed by atoms with Crippen molar-refractivity contribution in [1.82, 2.24) is 15.1 Å². The molecule has 1 aliphatic rings. The molecule has 0 saturated carbocycles. The van der Waals surface area contributed by atoms with Gasteiger partial charge in [0.25, 0.3) is 0 Å². The van der Waals surface area contributed by atoms with Crippen LogP contribution >= 0.6 is 11.8 Å². The highest BCUT2D eigenvalue weighted by Gasteiger charge is 2.28. The second-order valence-electron chi connectivity index (χ2n) is 7.67. The van der Waals surface area contributed by atoms with Crippen molar-refractivity contribution in [2.24, 2.45) is 0 Å². The van der Waals surface area contributed by atoms with Crippen LogP contribution in [0.3, 0.4) is 0 Å². The van der Waals surface area contributed by atoms with E-state index in [0.29, 0.717) is 18.0 Å². The lowest BCUT2D eigenvalue weighted by molar-refractivity contribution is -0.137. The van der Waals surface area contributed by atoms with Gasteiger partial charge in [0.2, 0.25) is 5.91 Å². The van der Waals surface area contributed by atoms with Crippen LogP contribution in [0.15, 0.2) is 60.9 Å². The van der Waals surface area contributed by atoms with E-state index in [1.165, 1.54) is 40.0 Å². The standard InChI is InChI=1S/C24H24N4O5S/c29-22(27-16-11-26-28(12-16)13-23(30)31)15-34-10-9-25-24(32)33-14-21-19-7-3-1-5-17(19)18-6-2-4-8-20(18)21/h1-8,11-12,21H,9-10,13-15H2,(H,25,32)(H,27,29)(H,30,31). The zero-order valence-electron chi connectivity index (χ0n) is 18.3. The lowest BCUT2D eigenvalue weighted by Crippen LogP contribution is -2.28. The maximum Gasteiger partial charge on any atom is 0.407 e. The number of fused-ring (bicyclic) bond motifs is 3. The number of benzene rings is 2. The average molecular weight is 481 g/mol. The first-order valence-electron chi connectivity index (χ1n) is 10.7. The summed E-state index contributed by atoms with van der Waals surface area (Å²) in [5, 5.41) is 18.0. The molecule has 3 aromatic rings. The SMILES string of the molecule is O=C(O)Cn1cc(NC(=O)CSCCNC(=O)OCC2c3ccccc3-c3ccccc32)cn1. The number of rotatable bonds is 10. The van der Waals surface area contributed by atoms with Gasteiger partial charge in [-0.15, -0.1) is 0 Å². The van der Waals surface area contributed by atoms with Gasteiger partial charge < -0.3 is 20.5 Å². The monoisotopic (exact) mass is 480 g/mol. The number of carboxylic acid groups (broad SMARTS) is 1. The molecule has 3 N–H and O–H groups in total. The van der Waals surface area contributed by atoms with E-state index in [4.69, 9.17) is 9.84 Å². The normalized spacial score (nSPS) is 12.0. The molecule has 0 bridgehead atoms. The Kier molecular flexibility index (Phi) is 7.48. The van der Waals surface area contributed by atoms with E-state index in [2.05, 4.69) is 40.0 Å². The Morgan fingerprint density at radius 2 is 1.74 bits per heavy atom. The Balaban J connectivity index is 1.15. The van der Waals surface area contributed by atoms with Gasteiger partial charge in [-0.05, 0) is 22.3 Å². The van der Waals surface area contributed by atoms with Crippen LogP contribution in [0.1, 0.15) is 17.0 Å². The predicted octanol–water partition coefficient (Wildman–Crippen LogP) is 3.18. The molecule has 0 spiro atoms. The molecule has 0 atom stereocenters. The fourth-order valence-corrected chi connectivity index (χ4v) is 4.54. The molecular weight excluding hydrogens is 456 g/mol. The molecule has 0 saturated heterocycles. The first-order chi connectivity index (χ1) is 16.5. The number of thioether (sulfide) groups is 1. The first-order valence-corrected chi connectivity index (χ1v) is 11.9. The minimum absolute atomic E-state index is 0.0103. The maximum absolute atomic E-state index is 12.2. The topological polar surface area (TPSA) is 123 Å². The molecule has 0 unspecified atom stereocenters. The maximum atomic E-state index is 12.2. The van der Waals surface area contributed by atoms with Crippen LogP contribution in [0.25, 0.3) is 11.1 Å². The van der Waals surface area contributed by atoms with Gasteiger partial charge in [0, 0.05) is 24.4 Å². The highest BCUT2D eigenvalue weighted by Crippen LogP contribution is 2.44. The largest absolute Gasteiger partial charge is 0.480 e. The molecular formula is C24H24N4O5S. The number of carbonyl (C=O) groups is 3. The van der Waals surface area contributed by atoms with Crippen molar-refractivity contribution in [3.05, 3.63) is 72.1 Å². The second-order valence-corrected chi connectivity index (χ2v) is 8.78. The molecule has 1 aliphatic carbocycles. The Labute approximate surface area is 200 Å². The molecule has 9 nitrogen and oxygen atoms in total. The van der Waals surface area contributed by atoms with E-state index < -0.39 is 12.1 Å². The minimum Gasteiger partial charge on any atom is -0.480 e. The van der Waals surface area contributed by atoms with Gasteiger partial charge in [0.1, 0.15) is 13.2 Å². The summed E-state index contributed by atoms with van der Waals surface area (Å²) < 4.78 is 6.71. The Bertz CT molecular complexity index is 1150. The number of ether oxygens (including phenoxy) is 1. The molecule has 1 heterocycles. The highest BCUT2D eigenvalue weighted by atomic mass is 32.2. The summed E-state index contributed by atoms with van der Waals surface area (Å²) in [6, 6.07) is 16.3. The van der Waals surface area contributed by atoms with Crippen LogP contribution in [0.2, 0.25) is 0 Å². The van der Waals surface area contributed by atoms with E-state index in [-0.39, 0.29) is 30.7 Å². The molecule has 2 aromatic carbocycles. The molecule has 2 amide bonds. The Morgan fingerprint density at radius 3 is 2.41 bits per heavy atom. The smallest absolute Gasteiger partial charge is 0.407 e. The zero-order valence-corrected chi connectivity index (χ0v) is 19.1. The fourth-order valence-electron chi connectivity index (χ4n) is 3.89. The Morgan fingerprint density at radius 1 is 1.06 bits per heavy atom. The number of aromatic nitrogens is 2. The van der Waals surface area contributed by atoms with Crippen LogP contribution in [0, 0.1) is 0 Å². The van der Waals surface area contributed by atoms with Crippen LogP contribution in [0.4, 0.5) is 10.5 Å². The summed E-state index contributed by atoms with van der Waals surface area (Å²) in [6.45, 7) is 0.349. The number of hydrogen-bond donors (Lipinski definition) is 3. The van der Waals surface area contributed by atoms with Crippen molar-refractivity contribution in [3.63, 3.8) is 0 Å². The molecule has 34 heavy (non-hydrogen) atoms. The molecule has 10 heteroatoms.